The van der Waals surface area contributed by atoms with Crippen molar-refractivity contribution in [2.75, 3.05) is 0 Å². The summed E-state index contributed by atoms with van der Waals surface area (Å²) in [5.74, 6) is -0.123. The van der Waals surface area contributed by atoms with Gasteiger partial charge in [-0.05, 0) is 49.0 Å². The standard InChI is InChI=1S/C14H14BrFO/c15-13-9-12(16)7-6-11(13)8-14(17)10-4-2-1-3-5-10/h4,6-7,9H,1-3,5,8H2. The summed E-state index contributed by atoms with van der Waals surface area (Å²) in [6, 6.07) is 4.46. The van der Waals surface area contributed by atoms with Crippen molar-refractivity contribution in [3.8, 4) is 0 Å². The highest BCUT2D eigenvalue weighted by molar-refractivity contribution is 9.10. The Kier molecular flexibility index (Phi) is 4.11. The van der Waals surface area contributed by atoms with Gasteiger partial charge in [0.1, 0.15) is 5.82 Å². The number of hydrogen-bond donors (Lipinski definition) is 0. The van der Waals surface area contributed by atoms with Crippen molar-refractivity contribution < 1.29 is 9.18 Å². The molecule has 0 atom stereocenters. The van der Waals surface area contributed by atoms with E-state index in [0.717, 1.165) is 30.4 Å². The third-order valence-corrected chi connectivity index (χ3v) is 3.75. The molecule has 1 aromatic rings. The van der Waals surface area contributed by atoms with Gasteiger partial charge in [-0.1, -0.05) is 28.1 Å². The van der Waals surface area contributed by atoms with Gasteiger partial charge in [-0.15, -0.1) is 0 Å². The van der Waals surface area contributed by atoms with Crippen LogP contribution >= 0.6 is 15.9 Å². The van der Waals surface area contributed by atoms with E-state index in [2.05, 4.69) is 15.9 Å². The molecule has 0 unspecified atom stereocenters. The number of carbonyl (C=O) groups is 1. The van der Waals surface area contributed by atoms with Crippen LogP contribution in [0.25, 0.3) is 0 Å². The zero-order chi connectivity index (χ0) is 12.3. The fourth-order valence-corrected chi connectivity index (χ4v) is 2.53. The summed E-state index contributed by atoms with van der Waals surface area (Å²) in [7, 11) is 0. The van der Waals surface area contributed by atoms with Gasteiger partial charge in [0.2, 0.25) is 0 Å². The number of Topliss-reactive ketones (excluding diaryl/α,β-unsaturated/α-hetero) is 1. The predicted molar refractivity (Wildman–Crippen MR) is 69.4 cm³/mol. The third kappa shape index (κ3) is 3.25. The van der Waals surface area contributed by atoms with Gasteiger partial charge in [0, 0.05) is 10.9 Å². The summed E-state index contributed by atoms with van der Waals surface area (Å²) >= 11 is 3.29. The van der Waals surface area contributed by atoms with Crippen LogP contribution < -0.4 is 0 Å². The Morgan fingerprint density at radius 1 is 1.35 bits per heavy atom. The molecule has 0 spiro atoms. The zero-order valence-corrected chi connectivity index (χ0v) is 11.1. The first-order valence-electron chi connectivity index (χ1n) is 5.83. The lowest BCUT2D eigenvalue weighted by Gasteiger charge is -2.12. The third-order valence-electron chi connectivity index (χ3n) is 3.02. The molecule has 1 aliphatic carbocycles. The van der Waals surface area contributed by atoms with Crippen LogP contribution in [0, 0.1) is 5.82 Å². The van der Waals surface area contributed by atoms with Crippen LogP contribution in [0.4, 0.5) is 4.39 Å². The molecule has 0 saturated heterocycles. The van der Waals surface area contributed by atoms with Crippen LogP contribution in [0.5, 0.6) is 0 Å². The van der Waals surface area contributed by atoms with E-state index in [0.29, 0.717) is 10.9 Å². The summed E-state index contributed by atoms with van der Waals surface area (Å²) in [5, 5.41) is 0. The van der Waals surface area contributed by atoms with E-state index in [1.165, 1.54) is 18.6 Å². The molecule has 0 saturated carbocycles. The highest BCUT2D eigenvalue weighted by Gasteiger charge is 2.14. The summed E-state index contributed by atoms with van der Waals surface area (Å²) in [6.07, 6.45) is 6.57. The van der Waals surface area contributed by atoms with Crippen molar-refractivity contribution >= 4 is 21.7 Å². The van der Waals surface area contributed by atoms with Gasteiger partial charge in [0.15, 0.2) is 5.78 Å². The largest absolute Gasteiger partial charge is 0.294 e. The van der Waals surface area contributed by atoms with Crippen molar-refractivity contribution in [2.24, 2.45) is 0 Å². The number of allylic oxidation sites excluding steroid dienone is 2. The fraction of sp³-hybridized carbons (Fsp3) is 0.357. The smallest absolute Gasteiger partial charge is 0.162 e. The van der Waals surface area contributed by atoms with Gasteiger partial charge in [-0.25, -0.2) is 4.39 Å². The van der Waals surface area contributed by atoms with Crippen LogP contribution in [0.3, 0.4) is 0 Å². The Balaban J connectivity index is 2.10. The molecule has 1 nitrogen and oxygen atoms in total. The van der Waals surface area contributed by atoms with E-state index in [-0.39, 0.29) is 11.6 Å². The number of benzene rings is 1. The van der Waals surface area contributed by atoms with Gasteiger partial charge in [0.05, 0.1) is 0 Å². The normalized spacial score (nSPS) is 15.5. The first-order chi connectivity index (χ1) is 8.16. The first kappa shape index (κ1) is 12.5. The quantitative estimate of drug-likeness (QED) is 0.817. The zero-order valence-electron chi connectivity index (χ0n) is 9.51. The highest BCUT2D eigenvalue weighted by Crippen LogP contribution is 2.23. The minimum absolute atomic E-state index is 0.164. The number of ketones is 1. The maximum atomic E-state index is 12.9. The molecule has 90 valence electrons. The Bertz CT molecular complexity index is 465. The van der Waals surface area contributed by atoms with E-state index >= 15 is 0 Å². The van der Waals surface area contributed by atoms with Crippen molar-refractivity contribution in [3.05, 3.63) is 45.7 Å². The second-order valence-corrected chi connectivity index (χ2v) is 5.17. The average Bonchev–Trinajstić information content (AvgIpc) is 2.34. The second kappa shape index (κ2) is 5.58. The minimum Gasteiger partial charge on any atom is -0.294 e. The summed E-state index contributed by atoms with van der Waals surface area (Å²) in [5.41, 5.74) is 1.79. The van der Waals surface area contributed by atoms with Crippen molar-refractivity contribution in [3.63, 3.8) is 0 Å². The summed E-state index contributed by atoms with van der Waals surface area (Å²) in [6.45, 7) is 0. The molecule has 17 heavy (non-hydrogen) atoms. The van der Waals surface area contributed by atoms with E-state index in [9.17, 15) is 9.18 Å². The van der Waals surface area contributed by atoms with Gasteiger partial charge in [-0.2, -0.15) is 0 Å². The molecule has 0 bridgehead atoms. The second-order valence-electron chi connectivity index (χ2n) is 4.31. The van der Waals surface area contributed by atoms with E-state index < -0.39 is 0 Å². The molecule has 0 amide bonds. The van der Waals surface area contributed by atoms with Gasteiger partial charge >= 0.3 is 0 Å². The van der Waals surface area contributed by atoms with Crippen molar-refractivity contribution in [1.29, 1.82) is 0 Å². The molecule has 1 aliphatic rings. The average molecular weight is 297 g/mol. The number of hydrogen-bond acceptors (Lipinski definition) is 1. The molecular formula is C14H14BrFO. The number of carbonyl (C=O) groups excluding carboxylic acids is 1. The Labute approximate surface area is 109 Å². The molecule has 0 radical (unpaired) electrons. The van der Waals surface area contributed by atoms with Crippen LogP contribution in [0.1, 0.15) is 31.2 Å². The Morgan fingerprint density at radius 3 is 2.82 bits per heavy atom. The lowest BCUT2D eigenvalue weighted by atomic mass is 9.93. The molecule has 0 aromatic heterocycles. The predicted octanol–water partition coefficient (Wildman–Crippen LogP) is 4.20. The molecule has 0 fully saturated rings. The molecular weight excluding hydrogens is 283 g/mol. The van der Waals surface area contributed by atoms with Crippen LogP contribution in [0.15, 0.2) is 34.3 Å². The molecule has 0 aliphatic heterocycles. The van der Waals surface area contributed by atoms with Gasteiger partial charge in [-0.3, -0.25) is 4.79 Å². The number of halogens is 2. The van der Waals surface area contributed by atoms with Crippen molar-refractivity contribution in [2.45, 2.75) is 32.1 Å². The molecule has 0 N–H and O–H groups in total. The fourth-order valence-electron chi connectivity index (χ4n) is 2.04. The Hall–Kier alpha value is -0.960. The lowest BCUT2D eigenvalue weighted by Crippen LogP contribution is -2.09. The lowest BCUT2D eigenvalue weighted by molar-refractivity contribution is -0.115. The van der Waals surface area contributed by atoms with E-state index in [4.69, 9.17) is 0 Å². The summed E-state index contributed by atoms with van der Waals surface area (Å²) < 4.78 is 13.6. The highest BCUT2D eigenvalue weighted by atomic mass is 79.9. The van der Waals surface area contributed by atoms with E-state index in [1.54, 1.807) is 6.07 Å². The molecule has 3 heteroatoms. The molecule has 1 aromatic carbocycles. The topological polar surface area (TPSA) is 17.1 Å². The SMILES string of the molecule is O=C(Cc1ccc(F)cc1Br)C1=CCCCC1. The molecule has 2 rings (SSSR count). The number of rotatable bonds is 3. The van der Waals surface area contributed by atoms with Crippen molar-refractivity contribution in [1.82, 2.24) is 0 Å². The van der Waals surface area contributed by atoms with Crippen LogP contribution in [-0.4, -0.2) is 5.78 Å². The van der Waals surface area contributed by atoms with Crippen LogP contribution in [-0.2, 0) is 11.2 Å². The minimum atomic E-state index is -0.287. The molecule has 0 heterocycles. The van der Waals surface area contributed by atoms with Crippen LogP contribution in [0.2, 0.25) is 0 Å². The first-order valence-corrected chi connectivity index (χ1v) is 6.62. The maximum Gasteiger partial charge on any atom is 0.162 e. The van der Waals surface area contributed by atoms with Gasteiger partial charge in [0.25, 0.3) is 0 Å². The maximum absolute atomic E-state index is 12.9. The van der Waals surface area contributed by atoms with E-state index in [1.807, 2.05) is 6.08 Å². The Morgan fingerprint density at radius 2 is 2.18 bits per heavy atom. The monoisotopic (exact) mass is 296 g/mol. The summed E-state index contributed by atoms with van der Waals surface area (Å²) in [4.78, 5) is 12.0. The van der Waals surface area contributed by atoms with Gasteiger partial charge < -0.3 is 0 Å².